The molecule has 5 rings (SSSR count). The molecule has 202 valence electrons. The summed E-state index contributed by atoms with van der Waals surface area (Å²) in [7, 11) is 1.61. The van der Waals surface area contributed by atoms with Gasteiger partial charge in [0.25, 0.3) is 5.91 Å². The van der Waals surface area contributed by atoms with Crippen LogP contribution in [0.2, 0.25) is 0 Å². The Balaban J connectivity index is 1.50. The van der Waals surface area contributed by atoms with E-state index < -0.39 is 11.7 Å². The Hall–Kier alpha value is -3.04. The van der Waals surface area contributed by atoms with E-state index in [0.29, 0.717) is 38.2 Å². The summed E-state index contributed by atoms with van der Waals surface area (Å²) in [5.74, 6) is -0.152. The number of methoxy groups -OCH3 is 1. The maximum absolute atomic E-state index is 14.2. The minimum atomic E-state index is -1.03. The molecule has 2 heterocycles. The van der Waals surface area contributed by atoms with Crippen molar-refractivity contribution in [1.29, 1.82) is 0 Å². The highest BCUT2D eigenvalue weighted by Gasteiger charge is 2.42. The number of rotatable bonds is 8. The van der Waals surface area contributed by atoms with Gasteiger partial charge >= 0.3 is 0 Å². The van der Waals surface area contributed by atoms with E-state index in [9.17, 15) is 15.0 Å². The largest absolute Gasteiger partial charge is 0.388 e. The third-order valence-corrected chi connectivity index (χ3v) is 8.02. The molecule has 2 aliphatic rings. The Morgan fingerprint density at radius 1 is 1.16 bits per heavy atom. The molecule has 1 amide bonds. The molecule has 1 aliphatic carbocycles. The van der Waals surface area contributed by atoms with Gasteiger partial charge < -0.3 is 29.7 Å². The zero-order valence-electron chi connectivity index (χ0n) is 22.0. The number of carbonyl (C=O) groups is 1. The minimum absolute atomic E-state index is 0.152. The molecule has 1 aliphatic heterocycles. The predicted octanol–water partition coefficient (Wildman–Crippen LogP) is 3.58. The zero-order chi connectivity index (χ0) is 26.5. The average Bonchev–Trinajstić information content (AvgIpc) is 3.39. The van der Waals surface area contributed by atoms with Gasteiger partial charge in [-0.1, -0.05) is 73.5 Å². The van der Waals surface area contributed by atoms with Crippen LogP contribution in [0.15, 0.2) is 67.0 Å². The van der Waals surface area contributed by atoms with Crippen LogP contribution in [0.25, 0.3) is 11.3 Å². The standard InChI is InChI=1S/C30H38N4O4/c1-38-20-30(37)15-9-8-14-26(30)34-21-32-27(28(34)23-12-6-3-7-13-23)29(36)33-17-16-31-19-24(33)18-25(35)22-10-4-2-5-11-22/h2-7,10-13,21,24-26,31,35,37H,8-9,14-20H2,1H3/t24-,25-,26-,30-/m1/s1. The number of hydrogen-bond donors (Lipinski definition) is 3. The maximum Gasteiger partial charge on any atom is 0.275 e. The molecule has 2 aromatic carbocycles. The summed E-state index contributed by atoms with van der Waals surface area (Å²) in [5.41, 5.74) is 1.79. The number of imidazole rings is 1. The Morgan fingerprint density at radius 3 is 2.63 bits per heavy atom. The molecule has 3 N–H and O–H groups in total. The lowest BCUT2D eigenvalue weighted by Gasteiger charge is -2.41. The second-order valence-corrected chi connectivity index (χ2v) is 10.5. The molecular weight excluding hydrogens is 480 g/mol. The lowest BCUT2D eigenvalue weighted by molar-refractivity contribution is -0.0893. The van der Waals surface area contributed by atoms with E-state index in [1.165, 1.54) is 0 Å². The lowest BCUT2D eigenvalue weighted by atomic mass is 9.80. The van der Waals surface area contributed by atoms with Crippen LogP contribution in [-0.2, 0) is 4.74 Å². The van der Waals surface area contributed by atoms with Crippen molar-refractivity contribution < 1.29 is 19.7 Å². The smallest absolute Gasteiger partial charge is 0.275 e. The second kappa shape index (κ2) is 11.8. The van der Waals surface area contributed by atoms with Crippen molar-refractivity contribution in [3.63, 3.8) is 0 Å². The number of ether oxygens (including phenoxy) is 1. The minimum Gasteiger partial charge on any atom is -0.388 e. The van der Waals surface area contributed by atoms with E-state index in [0.717, 1.165) is 36.1 Å². The SMILES string of the molecule is COC[C@]1(O)CCCC[C@H]1n1cnc(C(=O)N2CCNC[C@H]2C[C@@H](O)c2ccccc2)c1-c1ccccc1. The number of nitrogens with zero attached hydrogens (tertiary/aromatic N) is 3. The Labute approximate surface area is 224 Å². The molecule has 3 aromatic rings. The first-order valence-electron chi connectivity index (χ1n) is 13.6. The quantitative estimate of drug-likeness (QED) is 0.422. The van der Waals surface area contributed by atoms with Crippen molar-refractivity contribution >= 4 is 5.91 Å². The molecule has 0 bridgehead atoms. The van der Waals surface area contributed by atoms with Crippen LogP contribution < -0.4 is 5.32 Å². The Bertz CT molecular complexity index is 1200. The fourth-order valence-corrected chi connectivity index (χ4v) is 6.10. The van der Waals surface area contributed by atoms with Gasteiger partial charge in [-0.2, -0.15) is 0 Å². The molecule has 0 spiro atoms. The van der Waals surface area contributed by atoms with Crippen molar-refractivity contribution in [2.75, 3.05) is 33.4 Å². The summed E-state index contributed by atoms with van der Waals surface area (Å²) in [6, 6.07) is 19.0. The second-order valence-electron chi connectivity index (χ2n) is 10.5. The van der Waals surface area contributed by atoms with Crippen LogP contribution in [0.3, 0.4) is 0 Å². The van der Waals surface area contributed by atoms with Crippen molar-refractivity contribution in [3.05, 3.63) is 78.2 Å². The third kappa shape index (κ3) is 5.40. The highest BCUT2D eigenvalue weighted by Crippen LogP contribution is 2.41. The highest BCUT2D eigenvalue weighted by molar-refractivity contribution is 5.98. The van der Waals surface area contributed by atoms with Crippen molar-refractivity contribution in [1.82, 2.24) is 19.8 Å². The van der Waals surface area contributed by atoms with E-state index in [1.54, 1.807) is 13.4 Å². The summed E-state index contributed by atoms with van der Waals surface area (Å²) in [6.07, 6.45) is 4.81. The van der Waals surface area contributed by atoms with E-state index >= 15 is 0 Å². The van der Waals surface area contributed by atoms with Gasteiger partial charge in [0.05, 0.1) is 30.8 Å². The van der Waals surface area contributed by atoms with Gasteiger partial charge in [-0.3, -0.25) is 4.79 Å². The summed E-state index contributed by atoms with van der Waals surface area (Å²) in [6.45, 7) is 2.04. The van der Waals surface area contributed by atoms with Crippen LogP contribution in [0.1, 0.15) is 60.3 Å². The predicted molar refractivity (Wildman–Crippen MR) is 146 cm³/mol. The number of benzene rings is 2. The number of aliphatic hydroxyl groups excluding tert-OH is 1. The number of aromatic nitrogens is 2. The number of nitrogens with one attached hydrogen (secondary N) is 1. The van der Waals surface area contributed by atoms with Gasteiger partial charge in [0.1, 0.15) is 5.60 Å². The third-order valence-electron chi connectivity index (χ3n) is 8.02. The molecule has 0 unspecified atom stereocenters. The molecule has 1 saturated carbocycles. The number of carbonyl (C=O) groups excluding carboxylic acids is 1. The first kappa shape index (κ1) is 26.6. The summed E-state index contributed by atoms with van der Waals surface area (Å²) < 4.78 is 7.43. The van der Waals surface area contributed by atoms with E-state index in [1.807, 2.05) is 70.1 Å². The first-order chi connectivity index (χ1) is 18.5. The number of amides is 1. The van der Waals surface area contributed by atoms with Gasteiger partial charge in [-0.05, 0) is 24.8 Å². The Morgan fingerprint density at radius 2 is 1.89 bits per heavy atom. The van der Waals surface area contributed by atoms with Crippen LogP contribution in [0.5, 0.6) is 0 Å². The summed E-state index contributed by atoms with van der Waals surface area (Å²) >= 11 is 0. The molecule has 1 aromatic heterocycles. The highest BCUT2D eigenvalue weighted by atomic mass is 16.5. The van der Waals surface area contributed by atoms with Gasteiger partial charge in [-0.25, -0.2) is 4.98 Å². The molecule has 8 nitrogen and oxygen atoms in total. The van der Waals surface area contributed by atoms with Crippen molar-refractivity contribution in [2.24, 2.45) is 0 Å². The average molecular weight is 519 g/mol. The molecule has 0 radical (unpaired) electrons. The molecular formula is C30H38N4O4. The van der Waals surface area contributed by atoms with Crippen LogP contribution in [0, 0.1) is 0 Å². The van der Waals surface area contributed by atoms with Gasteiger partial charge in [0.15, 0.2) is 5.69 Å². The topological polar surface area (TPSA) is 99.8 Å². The number of aliphatic hydroxyl groups is 2. The van der Waals surface area contributed by atoms with Crippen LogP contribution in [-0.4, -0.2) is 75.6 Å². The fourth-order valence-electron chi connectivity index (χ4n) is 6.10. The lowest BCUT2D eigenvalue weighted by Crippen LogP contribution is -2.54. The van der Waals surface area contributed by atoms with E-state index in [4.69, 9.17) is 4.74 Å². The summed E-state index contributed by atoms with van der Waals surface area (Å²) in [5, 5.41) is 25.9. The molecule has 1 saturated heterocycles. The molecule has 4 atom stereocenters. The molecule has 38 heavy (non-hydrogen) atoms. The van der Waals surface area contributed by atoms with Crippen molar-refractivity contribution in [3.8, 4) is 11.3 Å². The fraction of sp³-hybridized carbons (Fsp3) is 0.467. The van der Waals surface area contributed by atoms with Crippen molar-refractivity contribution in [2.45, 2.75) is 55.9 Å². The van der Waals surface area contributed by atoms with E-state index in [-0.39, 0.29) is 24.6 Å². The Kier molecular flexibility index (Phi) is 8.24. The summed E-state index contributed by atoms with van der Waals surface area (Å²) in [4.78, 5) is 20.7. The number of hydrogen-bond acceptors (Lipinski definition) is 6. The van der Waals surface area contributed by atoms with Crippen LogP contribution in [0.4, 0.5) is 0 Å². The first-order valence-corrected chi connectivity index (χ1v) is 13.6. The molecule has 2 fully saturated rings. The maximum atomic E-state index is 14.2. The monoisotopic (exact) mass is 518 g/mol. The zero-order valence-corrected chi connectivity index (χ0v) is 22.0. The van der Waals surface area contributed by atoms with Crippen LogP contribution >= 0.6 is 0 Å². The normalized spacial score (nSPS) is 24.8. The number of piperazine rings is 1. The van der Waals surface area contributed by atoms with Gasteiger partial charge in [0.2, 0.25) is 0 Å². The van der Waals surface area contributed by atoms with Gasteiger partial charge in [0, 0.05) is 38.3 Å². The molecule has 8 heteroatoms. The van der Waals surface area contributed by atoms with Gasteiger partial charge in [-0.15, -0.1) is 0 Å². The van der Waals surface area contributed by atoms with E-state index in [2.05, 4.69) is 10.3 Å².